The largest absolute Gasteiger partial charge is 0.497 e. The first-order valence-corrected chi connectivity index (χ1v) is 6.34. The highest BCUT2D eigenvalue weighted by molar-refractivity contribution is 5.42. The molecule has 1 aliphatic rings. The van der Waals surface area contributed by atoms with Crippen molar-refractivity contribution >= 4 is 0 Å². The molecule has 1 aromatic rings. The number of fused-ring (bicyclic) bond motifs is 1. The zero-order chi connectivity index (χ0) is 12.6. The molecule has 2 unspecified atom stereocenters. The van der Waals surface area contributed by atoms with Gasteiger partial charge in [-0.25, -0.2) is 0 Å². The number of rotatable bonds is 1. The van der Waals surface area contributed by atoms with Crippen molar-refractivity contribution in [2.24, 2.45) is 5.41 Å². The average Bonchev–Trinajstić information content (AvgIpc) is 2.27. The zero-order valence-corrected chi connectivity index (χ0v) is 11.5. The van der Waals surface area contributed by atoms with Crippen LogP contribution in [0.2, 0.25) is 0 Å². The Balaban J connectivity index is 2.49. The molecule has 1 heterocycles. The van der Waals surface area contributed by atoms with Crippen LogP contribution in [0.25, 0.3) is 0 Å². The molecule has 0 saturated heterocycles. The molecule has 17 heavy (non-hydrogen) atoms. The first-order valence-electron chi connectivity index (χ1n) is 6.34. The van der Waals surface area contributed by atoms with E-state index in [1.54, 1.807) is 7.11 Å². The maximum absolute atomic E-state index is 5.35. The van der Waals surface area contributed by atoms with Gasteiger partial charge < -0.3 is 10.1 Å². The molecule has 2 heteroatoms. The van der Waals surface area contributed by atoms with Crippen LogP contribution in [0.3, 0.4) is 0 Å². The predicted molar refractivity (Wildman–Crippen MR) is 71.6 cm³/mol. The highest BCUT2D eigenvalue weighted by Crippen LogP contribution is 2.41. The molecular formula is C15H23NO. The summed E-state index contributed by atoms with van der Waals surface area (Å²) in [4.78, 5) is 0. The van der Waals surface area contributed by atoms with Gasteiger partial charge in [0.2, 0.25) is 0 Å². The summed E-state index contributed by atoms with van der Waals surface area (Å²) >= 11 is 0. The van der Waals surface area contributed by atoms with Crippen LogP contribution in [0.15, 0.2) is 18.2 Å². The van der Waals surface area contributed by atoms with Gasteiger partial charge in [-0.2, -0.15) is 0 Å². The summed E-state index contributed by atoms with van der Waals surface area (Å²) in [6, 6.07) is 6.89. The summed E-state index contributed by atoms with van der Waals surface area (Å²) in [5.74, 6) is 1.53. The fraction of sp³-hybridized carbons (Fsp3) is 0.600. The van der Waals surface area contributed by atoms with E-state index in [-0.39, 0.29) is 5.41 Å². The van der Waals surface area contributed by atoms with E-state index in [4.69, 9.17) is 4.74 Å². The molecule has 0 saturated carbocycles. The maximum atomic E-state index is 5.35. The van der Waals surface area contributed by atoms with Crippen LogP contribution < -0.4 is 10.1 Å². The van der Waals surface area contributed by atoms with E-state index in [2.05, 4.69) is 51.2 Å². The molecule has 2 rings (SSSR count). The van der Waals surface area contributed by atoms with Crippen LogP contribution in [-0.4, -0.2) is 13.7 Å². The van der Waals surface area contributed by atoms with E-state index < -0.39 is 0 Å². The van der Waals surface area contributed by atoms with Crippen LogP contribution in [0, 0.1) is 5.41 Å². The molecule has 0 amide bonds. The number of hydrogen-bond acceptors (Lipinski definition) is 2. The summed E-state index contributed by atoms with van der Waals surface area (Å²) in [6.45, 7) is 10.2. The fourth-order valence-corrected chi connectivity index (χ4v) is 2.67. The van der Waals surface area contributed by atoms with Crippen molar-refractivity contribution in [2.75, 3.05) is 13.7 Å². The number of nitrogens with one attached hydrogen (secondary N) is 1. The standard InChI is InChI=1S/C15H23NO/c1-10-9-16-14(15(2,3)4)13-8-11(17-5)6-7-12(10)13/h6-8,10,14,16H,9H2,1-5H3. The normalized spacial score (nSPS) is 24.3. The van der Waals surface area contributed by atoms with Crippen LogP contribution in [-0.2, 0) is 0 Å². The minimum Gasteiger partial charge on any atom is -0.497 e. The molecule has 0 spiro atoms. The Hall–Kier alpha value is -1.02. The summed E-state index contributed by atoms with van der Waals surface area (Å²) in [5, 5.41) is 3.66. The third kappa shape index (κ3) is 2.32. The van der Waals surface area contributed by atoms with Crippen molar-refractivity contribution in [3.63, 3.8) is 0 Å². The lowest BCUT2D eigenvalue weighted by atomic mass is 9.76. The SMILES string of the molecule is COc1ccc2c(c1)C(C(C)(C)C)NCC2C. The molecule has 0 bridgehead atoms. The minimum atomic E-state index is 0.223. The van der Waals surface area contributed by atoms with E-state index in [1.807, 2.05) is 0 Å². The quantitative estimate of drug-likeness (QED) is 0.801. The number of ether oxygens (including phenoxy) is 1. The van der Waals surface area contributed by atoms with Gasteiger partial charge in [0, 0.05) is 12.6 Å². The van der Waals surface area contributed by atoms with Crippen LogP contribution in [0.1, 0.15) is 50.8 Å². The Morgan fingerprint density at radius 2 is 1.94 bits per heavy atom. The minimum absolute atomic E-state index is 0.223. The van der Waals surface area contributed by atoms with Crippen LogP contribution >= 0.6 is 0 Å². The summed E-state index contributed by atoms with van der Waals surface area (Å²) in [5.41, 5.74) is 3.08. The molecule has 0 aliphatic carbocycles. The Morgan fingerprint density at radius 3 is 2.53 bits per heavy atom. The van der Waals surface area contributed by atoms with Crippen molar-refractivity contribution in [1.82, 2.24) is 5.32 Å². The first kappa shape index (κ1) is 12.4. The van der Waals surface area contributed by atoms with Crippen molar-refractivity contribution in [3.05, 3.63) is 29.3 Å². The number of benzene rings is 1. The lowest BCUT2D eigenvalue weighted by molar-refractivity contribution is 0.255. The van der Waals surface area contributed by atoms with Crippen molar-refractivity contribution in [2.45, 2.75) is 39.7 Å². The molecule has 0 aromatic heterocycles. The fourth-order valence-electron chi connectivity index (χ4n) is 2.67. The Bertz CT molecular complexity index is 406. The van der Waals surface area contributed by atoms with Crippen molar-refractivity contribution in [3.8, 4) is 5.75 Å². The van der Waals surface area contributed by atoms with Gasteiger partial charge in [-0.15, -0.1) is 0 Å². The van der Waals surface area contributed by atoms with Gasteiger partial charge in [-0.3, -0.25) is 0 Å². The lowest BCUT2D eigenvalue weighted by Gasteiger charge is -2.39. The predicted octanol–water partition coefficient (Wildman–Crippen LogP) is 3.49. The number of hydrogen-bond donors (Lipinski definition) is 1. The number of methoxy groups -OCH3 is 1. The topological polar surface area (TPSA) is 21.3 Å². The molecule has 2 nitrogen and oxygen atoms in total. The van der Waals surface area contributed by atoms with Crippen LogP contribution in [0.4, 0.5) is 0 Å². The highest BCUT2D eigenvalue weighted by Gasteiger charge is 2.32. The van der Waals surface area contributed by atoms with Gasteiger partial charge >= 0.3 is 0 Å². The summed E-state index contributed by atoms with van der Waals surface area (Å²) in [7, 11) is 1.73. The third-order valence-electron chi connectivity index (χ3n) is 3.63. The highest BCUT2D eigenvalue weighted by atomic mass is 16.5. The average molecular weight is 233 g/mol. The van der Waals surface area contributed by atoms with E-state index >= 15 is 0 Å². The summed E-state index contributed by atoms with van der Waals surface area (Å²) in [6.07, 6.45) is 0. The Labute approximate surface area is 104 Å². The second-order valence-electron chi connectivity index (χ2n) is 6.10. The summed E-state index contributed by atoms with van der Waals surface area (Å²) < 4.78 is 5.35. The first-order chi connectivity index (χ1) is 7.93. The van der Waals surface area contributed by atoms with Crippen LogP contribution in [0.5, 0.6) is 5.75 Å². The molecule has 1 N–H and O–H groups in total. The zero-order valence-electron chi connectivity index (χ0n) is 11.5. The molecule has 2 atom stereocenters. The molecular weight excluding hydrogens is 210 g/mol. The van der Waals surface area contributed by atoms with Crippen molar-refractivity contribution in [1.29, 1.82) is 0 Å². The van der Waals surface area contributed by atoms with Crippen molar-refractivity contribution < 1.29 is 4.74 Å². The smallest absolute Gasteiger partial charge is 0.119 e. The molecule has 1 aromatic carbocycles. The lowest BCUT2D eigenvalue weighted by Crippen LogP contribution is -2.39. The molecule has 1 aliphatic heterocycles. The van der Waals surface area contributed by atoms with Gasteiger partial charge in [0.15, 0.2) is 0 Å². The van der Waals surface area contributed by atoms with E-state index in [9.17, 15) is 0 Å². The maximum Gasteiger partial charge on any atom is 0.119 e. The van der Waals surface area contributed by atoms with Gasteiger partial charge in [-0.1, -0.05) is 33.8 Å². The van der Waals surface area contributed by atoms with Gasteiger partial charge in [0.25, 0.3) is 0 Å². The van der Waals surface area contributed by atoms with Gasteiger partial charge in [0.05, 0.1) is 7.11 Å². The Morgan fingerprint density at radius 1 is 1.24 bits per heavy atom. The monoisotopic (exact) mass is 233 g/mol. The second kappa shape index (κ2) is 4.34. The molecule has 0 radical (unpaired) electrons. The second-order valence-corrected chi connectivity index (χ2v) is 6.10. The van der Waals surface area contributed by atoms with E-state index in [0.717, 1.165) is 12.3 Å². The Kier molecular flexibility index (Phi) is 3.17. The van der Waals surface area contributed by atoms with E-state index in [1.165, 1.54) is 11.1 Å². The van der Waals surface area contributed by atoms with E-state index in [0.29, 0.717) is 12.0 Å². The molecule has 0 fully saturated rings. The third-order valence-corrected chi connectivity index (χ3v) is 3.63. The molecule has 94 valence electrons. The van der Waals surface area contributed by atoms with Gasteiger partial charge in [0.1, 0.15) is 5.75 Å². The van der Waals surface area contributed by atoms with Gasteiger partial charge in [-0.05, 0) is 34.6 Å².